The average Bonchev–Trinajstić information content (AvgIpc) is 3.64. The third kappa shape index (κ3) is 3.41. The van der Waals surface area contributed by atoms with Gasteiger partial charge in [-0.25, -0.2) is 0 Å². The van der Waals surface area contributed by atoms with Gasteiger partial charge in [0.05, 0.1) is 6.54 Å². The molecule has 1 spiro atoms. The van der Waals surface area contributed by atoms with E-state index in [1.807, 2.05) is 60.7 Å². The van der Waals surface area contributed by atoms with Crippen molar-refractivity contribution >= 4 is 17.5 Å². The van der Waals surface area contributed by atoms with Gasteiger partial charge in [0.25, 0.3) is 5.91 Å². The Morgan fingerprint density at radius 1 is 0.868 bits per heavy atom. The van der Waals surface area contributed by atoms with Crippen LogP contribution in [-0.2, 0) is 23.3 Å². The second-order valence-electron chi connectivity index (χ2n) is 9.54. The van der Waals surface area contributed by atoms with Crippen LogP contribution in [0.15, 0.2) is 85.2 Å². The van der Waals surface area contributed by atoms with Crippen LogP contribution in [0.1, 0.15) is 32.6 Å². The van der Waals surface area contributed by atoms with Crippen LogP contribution in [0, 0.1) is 0 Å². The van der Waals surface area contributed by atoms with Gasteiger partial charge in [0.15, 0.2) is 11.5 Å². The lowest BCUT2D eigenvalue weighted by Crippen LogP contribution is -2.42. The van der Waals surface area contributed by atoms with Crippen LogP contribution >= 0.6 is 0 Å². The minimum Gasteiger partial charge on any atom is -0.491 e. The molecule has 2 amide bonds. The number of nitrogens with zero attached hydrogens (tertiary/aromatic N) is 2. The van der Waals surface area contributed by atoms with Crippen molar-refractivity contribution < 1.29 is 23.8 Å². The monoisotopic (exact) mass is 505 g/mol. The number of carbonyl (C=O) groups excluding carboxylic acids is 2. The van der Waals surface area contributed by atoms with E-state index in [0.717, 1.165) is 27.9 Å². The van der Waals surface area contributed by atoms with Crippen LogP contribution in [0.5, 0.6) is 17.2 Å². The number of nitrogens with one attached hydrogen (secondary N) is 1. The molecule has 4 heterocycles. The van der Waals surface area contributed by atoms with Crippen molar-refractivity contribution in [3.05, 3.63) is 113 Å². The third-order valence-electron chi connectivity index (χ3n) is 7.38. The molecule has 1 aromatic heterocycles. The van der Waals surface area contributed by atoms with E-state index in [4.69, 9.17) is 14.2 Å². The van der Waals surface area contributed by atoms with Gasteiger partial charge in [-0.2, -0.15) is 0 Å². The smallest absolute Gasteiger partial charge is 0.251 e. The van der Waals surface area contributed by atoms with Gasteiger partial charge in [0, 0.05) is 41.8 Å². The molecule has 3 aliphatic rings. The van der Waals surface area contributed by atoms with E-state index in [1.165, 1.54) is 0 Å². The fourth-order valence-corrected chi connectivity index (χ4v) is 5.50. The summed E-state index contributed by atoms with van der Waals surface area (Å²) in [6.45, 7) is 1.08. The molecule has 4 aromatic rings. The molecular formula is C30H23N3O5. The van der Waals surface area contributed by atoms with Gasteiger partial charge in [0.1, 0.15) is 17.8 Å². The Kier molecular flexibility index (Phi) is 5.07. The summed E-state index contributed by atoms with van der Waals surface area (Å²) in [5.41, 5.74) is 3.90. The highest BCUT2D eigenvalue weighted by Crippen LogP contribution is 2.55. The second kappa shape index (κ2) is 8.62. The number of ether oxygens (including phenoxy) is 3. The molecule has 1 atom stereocenters. The number of hydrogen-bond donors (Lipinski definition) is 1. The number of carbonyl (C=O) groups is 2. The molecule has 0 bridgehead atoms. The summed E-state index contributed by atoms with van der Waals surface area (Å²) < 4.78 is 17.2. The molecule has 0 aliphatic carbocycles. The SMILES string of the molecule is O=C(NCc1ccncc1)c1cccc(CN2C(=O)C3(COc4cc5c(cc43)OCO5)c3ccccc32)c1. The molecular weight excluding hydrogens is 482 g/mol. The van der Waals surface area contributed by atoms with Gasteiger partial charge in [-0.3, -0.25) is 14.6 Å². The highest BCUT2D eigenvalue weighted by atomic mass is 16.7. The summed E-state index contributed by atoms with van der Waals surface area (Å²) in [7, 11) is 0. The molecule has 0 saturated heterocycles. The van der Waals surface area contributed by atoms with Crippen LogP contribution < -0.4 is 24.4 Å². The predicted molar refractivity (Wildman–Crippen MR) is 138 cm³/mol. The van der Waals surface area contributed by atoms with E-state index in [2.05, 4.69) is 10.3 Å². The maximum absolute atomic E-state index is 14.2. The summed E-state index contributed by atoms with van der Waals surface area (Å²) in [5.74, 6) is 1.62. The lowest BCUT2D eigenvalue weighted by Gasteiger charge is -2.23. The first-order valence-electron chi connectivity index (χ1n) is 12.4. The summed E-state index contributed by atoms with van der Waals surface area (Å²) in [6, 6.07) is 22.6. The lowest BCUT2D eigenvalue weighted by atomic mass is 9.77. The molecule has 0 fully saturated rings. The average molecular weight is 506 g/mol. The van der Waals surface area contributed by atoms with Crippen LogP contribution in [0.2, 0.25) is 0 Å². The van der Waals surface area contributed by atoms with Crippen molar-refractivity contribution in [2.75, 3.05) is 18.3 Å². The predicted octanol–water partition coefficient (Wildman–Crippen LogP) is 3.97. The van der Waals surface area contributed by atoms with Gasteiger partial charge < -0.3 is 24.4 Å². The minimum atomic E-state index is -0.966. The standard InChI is InChI=1S/C30H23N3O5/c34-28(32-15-19-8-10-31-11-9-19)21-5-3-4-20(12-21)16-33-24-7-2-1-6-22(24)30(29(33)35)17-36-25-14-27-26(13-23(25)30)37-18-38-27/h1-14H,15-18H2,(H,32,34). The fraction of sp³-hybridized carbons (Fsp3) is 0.167. The number of aromatic nitrogens is 1. The molecule has 1 N–H and O–H groups in total. The van der Waals surface area contributed by atoms with E-state index in [0.29, 0.717) is 35.9 Å². The molecule has 8 heteroatoms. The Balaban J connectivity index is 1.18. The fourth-order valence-electron chi connectivity index (χ4n) is 5.50. The Labute approximate surface area is 218 Å². The van der Waals surface area contributed by atoms with Crippen molar-refractivity contribution in [3.8, 4) is 17.2 Å². The number of amides is 2. The van der Waals surface area contributed by atoms with Crippen molar-refractivity contribution in [2.24, 2.45) is 0 Å². The second-order valence-corrected chi connectivity index (χ2v) is 9.54. The molecule has 3 aliphatic heterocycles. The number of para-hydroxylation sites is 1. The molecule has 1 unspecified atom stereocenters. The largest absolute Gasteiger partial charge is 0.491 e. The van der Waals surface area contributed by atoms with Gasteiger partial charge >= 0.3 is 0 Å². The quantitative estimate of drug-likeness (QED) is 0.442. The zero-order valence-electron chi connectivity index (χ0n) is 20.3. The molecule has 38 heavy (non-hydrogen) atoms. The Morgan fingerprint density at radius 2 is 1.68 bits per heavy atom. The minimum absolute atomic E-state index is 0.0659. The van der Waals surface area contributed by atoms with Gasteiger partial charge in [-0.1, -0.05) is 30.3 Å². The zero-order chi connectivity index (χ0) is 25.7. The summed E-state index contributed by atoms with van der Waals surface area (Å²) >= 11 is 0. The lowest BCUT2D eigenvalue weighted by molar-refractivity contribution is -0.122. The molecule has 7 rings (SSSR count). The Hall–Kier alpha value is -4.85. The van der Waals surface area contributed by atoms with E-state index in [9.17, 15) is 9.59 Å². The summed E-state index contributed by atoms with van der Waals surface area (Å²) in [6.07, 6.45) is 3.39. The Bertz CT molecular complexity index is 1590. The maximum atomic E-state index is 14.2. The first-order chi connectivity index (χ1) is 18.6. The Morgan fingerprint density at radius 3 is 2.55 bits per heavy atom. The normalized spacial score (nSPS) is 18.3. The highest BCUT2D eigenvalue weighted by Gasteiger charge is 2.57. The zero-order valence-corrected chi connectivity index (χ0v) is 20.3. The number of fused-ring (bicyclic) bond motifs is 5. The highest BCUT2D eigenvalue weighted by molar-refractivity contribution is 6.11. The van der Waals surface area contributed by atoms with Crippen molar-refractivity contribution in [2.45, 2.75) is 18.5 Å². The molecule has 0 saturated carbocycles. The number of pyridine rings is 1. The van der Waals surface area contributed by atoms with Gasteiger partial charge in [0.2, 0.25) is 12.7 Å². The van der Waals surface area contributed by atoms with Crippen LogP contribution in [-0.4, -0.2) is 30.2 Å². The molecule has 0 radical (unpaired) electrons. The molecule has 3 aromatic carbocycles. The van der Waals surface area contributed by atoms with Crippen molar-refractivity contribution in [3.63, 3.8) is 0 Å². The van der Waals surface area contributed by atoms with Crippen molar-refractivity contribution in [1.82, 2.24) is 10.3 Å². The van der Waals surface area contributed by atoms with Crippen molar-refractivity contribution in [1.29, 1.82) is 0 Å². The topological polar surface area (TPSA) is 90.0 Å². The number of anilines is 1. The molecule has 8 nitrogen and oxygen atoms in total. The third-order valence-corrected chi connectivity index (χ3v) is 7.38. The van der Waals surface area contributed by atoms with E-state index in [1.54, 1.807) is 29.4 Å². The first kappa shape index (κ1) is 22.4. The first-order valence-corrected chi connectivity index (χ1v) is 12.4. The van der Waals surface area contributed by atoms with Crippen LogP contribution in [0.4, 0.5) is 5.69 Å². The van der Waals surface area contributed by atoms with Gasteiger partial charge in [-0.05, 0) is 53.1 Å². The molecule has 188 valence electrons. The number of rotatable bonds is 5. The maximum Gasteiger partial charge on any atom is 0.251 e. The van der Waals surface area contributed by atoms with Crippen LogP contribution in [0.25, 0.3) is 0 Å². The van der Waals surface area contributed by atoms with E-state index in [-0.39, 0.29) is 25.2 Å². The number of benzene rings is 3. The number of hydrogen-bond acceptors (Lipinski definition) is 6. The summed E-state index contributed by atoms with van der Waals surface area (Å²) in [4.78, 5) is 32.9. The van der Waals surface area contributed by atoms with E-state index < -0.39 is 5.41 Å². The summed E-state index contributed by atoms with van der Waals surface area (Å²) in [5, 5.41) is 2.95. The van der Waals surface area contributed by atoms with Gasteiger partial charge in [-0.15, -0.1) is 0 Å². The van der Waals surface area contributed by atoms with Crippen LogP contribution in [0.3, 0.4) is 0 Å². The van der Waals surface area contributed by atoms with E-state index >= 15 is 0 Å².